The lowest BCUT2D eigenvalue weighted by Gasteiger charge is -2.20. The minimum Gasteiger partial charge on any atom is -0.490 e. The molecule has 0 radical (unpaired) electrons. The van der Waals surface area contributed by atoms with Crippen LogP contribution in [0.25, 0.3) is 0 Å². The number of hydrogen-bond donors (Lipinski definition) is 1. The molecule has 0 fully saturated rings. The number of carbonyl (C=O) groups excluding carboxylic acids is 1. The normalized spacial score (nSPS) is 15.5. The van der Waals surface area contributed by atoms with E-state index in [0.29, 0.717) is 16.5 Å². The van der Waals surface area contributed by atoms with Crippen molar-refractivity contribution in [3.05, 3.63) is 49.9 Å². The summed E-state index contributed by atoms with van der Waals surface area (Å²) in [6.07, 6.45) is 3.91. The Hall–Kier alpha value is -2.92. The molecule has 0 saturated heterocycles. The summed E-state index contributed by atoms with van der Waals surface area (Å²) in [4.78, 5) is 24.3. The van der Waals surface area contributed by atoms with Crippen molar-refractivity contribution in [1.82, 2.24) is 0 Å². The molecule has 1 N–H and O–H groups in total. The van der Waals surface area contributed by atoms with Gasteiger partial charge in [0.15, 0.2) is 5.75 Å². The zero-order chi connectivity index (χ0) is 19.6. The molecular formula is C19H19N3O4S. The first-order valence-corrected chi connectivity index (χ1v) is 9.48. The third-order valence-electron chi connectivity index (χ3n) is 4.92. The molecule has 1 atom stereocenters. The zero-order valence-electron chi connectivity index (χ0n) is 15.1. The van der Waals surface area contributed by atoms with Gasteiger partial charge in [0, 0.05) is 16.5 Å². The molecule has 8 heteroatoms. The number of hydrogen-bond acceptors (Lipinski definition) is 6. The van der Waals surface area contributed by atoms with Crippen molar-refractivity contribution in [1.29, 1.82) is 5.26 Å². The Balaban J connectivity index is 1.89. The molecule has 1 aliphatic rings. The van der Waals surface area contributed by atoms with Gasteiger partial charge in [-0.1, -0.05) is 13.3 Å². The number of ether oxygens (including phenoxy) is 1. The van der Waals surface area contributed by atoms with Gasteiger partial charge in [0.1, 0.15) is 11.1 Å². The van der Waals surface area contributed by atoms with E-state index in [1.165, 1.54) is 36.6 Å². The van der Waals surface area contributed by atoms with Crippen LogP contribution in [0.15, 0.2) is 18.2 Å². The molecule has 3 rings (SSSR count). The second kappa shape index (κ2) is 7.76. The maximum absolute atomic E-state index is 12.6. The van der Waals surface area contributed by atoms with Gasteiger partial charge in [0.25, 0.3) is 5.91 Å². The number of fused-ring (bicyclic) bond motifs is 1. The fourth-order valence-corrected chi connectivity index (χ4v) is 4.67. The summed E-state index contributed by atoms with van der Waals surface area (Å²) < 4.78 is 4.96. The van der Waals surface area contributed by atoms with Crippen molar-refractivity contribution in [3.8, 4) is 11.8 Å². The van der Waals surface area contributed by atoms with E-state index in [4.69, 9.17) is 4.74 Å². The zero-order valence-corrected chi connectivity index (χ0v) is 15.9. The molecule has 2 aromatic rings. The van der Waals surface area contributed by atoms with Gasteiger partial charge in [0.2, 0.25) is 0 Å². The predicted octanol–water partition coefficient (Wildman–Crippen LogP) is 4.30. The molecule has 0 spiro atoms. The highest BCUT2D eigenvalue weighted by atomic mass is 32.1. The maximum atomic E-state index is 12.6. The van der Waals surface area contributed by atoms with Gasteiger partial charge in [0.05, 0.1) is 17.6 Å². The number of rotatable bonds is 5. The lowest BCUT2D eigenvalue weighted by atomic mass is 9.86. The number of nitrogens with one attached hydrogen (secondary N) is 1. The molecule has 140 valence electrons. The summed E-state index contributed by atoms with van der Waals surface area (Å²) in [5.41, 5.74) is 1.41. The second-order valence-electron chi connectivity index (χ2n) is 6.43. The van der Waals surface area contributed by atoms with E-state index in [1.54, 1.807) is 0 Å². The first-order chi connectivity index (χ1) is 13.0. The summed E-state index contributed by atoms with van der Waals surface area (Å²) >= 11 is 1.43. The lowest BCUT2D eigenvalue weighted by Crippen LogP contribution is -2.13. The van der Waals surface area contributed by atoms with Crippen molar-refractivity contribution < 1.29 is 14.5 Å². The number of carbonyl (C=O) groups is 1. The monoisotopic (exact) mass is 385 g/mol. The van der Waals surface area contributed by atoms with Crippen LogP contribution in [0.4, 0.5) is 10.7 Å². The predicted molar refractivity (Wildman–Crippen MR) is 102 cm³/mol. The van der Waals surface area contributed by atoms with Gasteiger partial charge in [-0.2, -0.15) is 5.26 Å². The molecule has 1 aliphatic carbocycles. The van der Waals surface area contributed by atoms with Gasteiger partial charge < -0.3 is 10.1 Å². The molecule has 1 heterocycles. The summed E-state index contributed by atoms with van der Waals surface area (Å²) in [5.74, 6) is 0.213. The molecule has 1 amide bonds. The Morgan fingerprint density at radius 1 is 1.52 bits per heavy atom. The van der Waals surface area contributed by atoms with Gasteiger partial charge in [-0.3, -0.25) is 14.9 Å². The summed E-state index contributed by atoms with van der Waals surface area (Å²) in [7, 11) is 1.33. The van der Waals surface area contributed by atoms with Crippen molar-refractivity contribution in [2.45, 2.75) is 32.6 Å². The third-order valence-corrected chi connectivity index (χ3v) is 6.09. The summed E-state index contributed by atoms with van der Waals surface area (Å²) in [6, 6.07) is 6.25. The van der Waals surface area contributed by atoms with Crippen LogP contribution in [0.3, 0.4) is 0 Å². The van der Waals surface area contributed by atoms with Crippen LogP contribution in [0.1, 0.15) is 46.1 Å². The molecule has 1 aromatic carbocycles. The number of nitriles is 1. The SMILES string of the molecule is CCC1CCc2c(sc(NC(=O)c3ccc(OC)c([N+](=O)[O-])c3)c2C#N)C1. The Morgan fingerprint density at radius 3 is 2.93 bits per heavy atom. The minimum absolute atomic E-state index is 0.0893. The third kappa shape index (κ3) is 3.64. The largest absolute Gasteiger partial charge is 0.490 e. The quantitative estimate of drug-likeness (QED) is 0.610. The van der Waals surface area contributed by atoms with Crippen LogP contribution in [-0.2, 0) is 12.8 Å². The van der Waals surface area contributed by atoms with E-state index >= 15 is 0 Å². The van der Waals surface area contributed by atoms with Gasteiger partial charge in [-0.05, 0) is 42.9 Å². The van der Waals surface area contributed by atoms with E-state index in [-0.39, 0.29) is 17.0 Å². The Kier molecular flexibility index (Phi) is 5.42. The Labute approximate surface area is 160 Å². The van der Waals surface area contributed by atoms with Crippen LogP contribution in [0, 0.1) is 27.4 Å². The van der Waals surface area contributed by atoms with Gasteiger partial charge in [-0.15, -0.1) is 11.3 Å². The first-order valence-electron chi connectivity index (χ1n) is 8.66. The Morgan fingerprint density at radius 2 is 2.30 bits per heavy atom. The van der Waals surface area contributed by atoms with Crippen molar-refractivity contribution in [3.63, 3.8) is 0 Å². The second-order valence-corrected chi connectivity index (χ2v) is 7.54. The smallest absolute Gasteiger partial charge is 0.311 e. The molecule has 1 aromatic heterocycles. The van der Waals surface area contributed by atoms with Crippen LogP contribution < -0.4 is 10.1 Å². The lowest BCUT2D eigenvalue weighted by molar-refractivity contribution is -0.385. The minimum atomic E-state index is -0.592. The highest BCUT2D eigenvalue weighted by Crippen LogP contribution is 2.40. The number of nitro benzene ring substituents is 1. The standard InChI is InChI=1S/C19H19N3O4S/c1-3-11-4-6-13-14(10-20)19(27-17(13)8-11)21-18(23)12-5-7-16(26-2)15(9-12)22(24)25/h5,7,9,11H,3-4,6,8H2,1-2H3,(H,21,23). The maximum Gasteiger partial charge on any atom is 0.311 e. The van der Waals surface area contributed by atoms with Crippen LogP contribution in [0.5, 0.6) is 5.75 Å². The Bertz CT molecular complexity index is 945. The van der Waals surface area contributed by atoms with Crippen molar-refractivity contribution in [2.24, 2.45) is 5.92 Å². The van der Waals surface area contributed by atoms with Crippen LogP contribution in [-0.4, -0.2) is 17.9 Å². The van der Waals surface area contributed by atoms with E-state index in [1.807, 2.05) is 0 Å². The van der Waals surface area contributed by atoms with E-state index < -0.39 is 10.8 Å². The number of thiophene rings is 1. The van der Waals surface area contributed by atoms with E-state index in [0.717, 1.165) is 36.1 Å². The van der Waals surface area contributed by atoms with Crippen molar-refractivity contribution >= 4 is 27.9 Å². The molecule has 0 bridgehead atoms. The van der Waals surface area contributed by atoms with Crippen LogP contribution in [0.2, 0.25) is 0 Å². The number of anilines is 1. The molecule has 7 nitrogen and oxygen atoms in total. The number of nitrogens with zero attached hydrogens (tertiary/aromatic N) is 2. The van der Waals surface area contributed by atoms with E-state index in [2.05, 4.69) is 18.3 Å². The summed E-state index contributed by atoms with van der Waals surface area (Å²) in [6.45, 7) is 2.16. The topological polar surface area (TPSA) is 105 Å². The van der Waals surface area contributed by atoms with E-state index in [9.17, 15) is 20.2 Å². The highest BCUT2D eigenvalue weighted by molar-refractivity contribution is 7.16. The molecule has 0 saturated carbocycles. The fourth-order valence-electron chi connectivity index (χ4n) is 3.36. The van der Waals surface area contributed by atoms with Gasteiger partial charge in [-0.25, -0.2) is 0 Å². The van der Waals surface area contributed by atoms with Crippen LogP contribution >= 0.6 is 11.3 Å². The van der Waals surface area contributed by atoms with Crippen molar-refractivity contribution in [2.75, 3.05) is 12.4 Å². The van der Waals surface area contributed by atoms with Gasteiger partial charge >= 0.3 is 5.69 Å². The number of amides is 1. The average Bonchev–Trinajstić information content (AvgIpc) is 3.02. The number of benzene rings is 1. The number of nitro groups is 1. The fraction of sp³-hybridized carbons (Fsp3) is 0.368. The molecule has 1 unspecified atom stereocenters. The molecule has 0 aliphatic heterocycles. The first kappa shape index (κ1) is 18.9. The molecular weight excluding hydrogens is 366 g/mol. The number of methoxy groups -OCH3 is 1. The highest BCUT2D eigenvalue weighted by Gasteiger charge is 2.26. The summed E-state index contributed by atoms with van der Waals surface area (Å²) in [5, 5.41) is 24.0. The molecule has 27 heavy (non-hydrogen) atoms. The average molecular weight is 385 g/mol.